The number of aliphatic hydroxyl groups excluding tert-OH is 1. The molecule has 238 valence electrons. The van der Waals surface area contributed by atoms with E-state index in [-0.39, 0.29) is 17.9 Å². The lowest BCUT2D eigenvalue weighted by atomic mass is 9.43. The third-order valence-corrected chi connectivity index (χ3v) is 13.0. The van der Waals surface area contributed by atoms with Gasteiger partial charge in [-0.2, -0.15) is 0 Å². The number of carbonyl (C=O) groups is 1. The Morgan fingerprint density at radius 3 is 2.32 bits per heavy atom. The maximum absolute atomic E-state index is 11.7. The van der Waals surface area contributed by atoms with Gasteiger partial charge in [-0.3, -0.25) is 4.79 Å². The zero-order valence-corrected chi connectivity index (χ0v) is 26.8. The van der Waals surface area contributed by atoms with E-state index in [9.17, 15) is 15.0 Å². The summed E-state index contributed by atoms with van der Waals surface area (Å²) < 4.78 is 0. The SMILES string of the molecule is C[C@H](CCC(=O)O)[C@H]1CCC2C3C(CC[C@@]21C)[C@@]1(C)CC[C@H](NCCCNCCCCCCCCN)C[C@H]1C[C@@H]3O. The van der Waals surface area contributed by atoms with Crippen LogP contribution < -0.4 is 16.4 Å². The van der Waals surface area contributed by atoms with E-state index < -0.39 is 5.97 Å². The number of fused-ring (bicyclic) bond motifs is 5. The van der Waals surface area contributed by atoms with Crippen LogP contribution in [-0.2, 0) is 4.79 Å². The molecule has 0 heterocycles. The Hall–Kier alpha value is -0.690. The van der Waals surface area contributed by atoms with Crippen molar-refractivity contribution in [2.75, 3.05) is 26.2 Å². The van der Waals surface area contributed by atoms with Crippen LogP contribution in [0.2, 0.25) is 0 Å². The van der Waals surface area contributed by atoms with E-state index in [4.69, 9.17) is 5.73 Å². The van der Waals surface area contributed by atoms with Crippen molar-refractivity contribution in [1.29, 1.82) is 0 Å². The number of unbranched alkanes of at least 4 members (excludes halogenated alkanes) is 5. The molecule has 0 saturated heterocycles. The van der Waals surface area contributed by atoms with Crippen LogP contribution in [0.1, 0.15) is 130 Å². The molecule has 0 aromatic heterocycles. The lowest BCUT2D eigenvalue weighted by Gasteiger charge is -2.62. The lowest BCUT2D eigenvalue weighted by Crippen LogP contribution is -2.59. The van der Waals surface area contributed by atoms with Gasteiger partial charge in [0, 0.05) is 12.5 Å². The number of aliphatic carboxylic acids is 1. The number of carboxylic acid groups (broad SMARTS) is 1. The summed E-state index contributed by atoms with van der Waals surface area (Å²) >= 11 is 0. The molecule has 0 aromatic carbocycles. The second kappa shape index (κ2) is 15.3. The molecule has 4 saturated carbocycles. The van der Waals surface area contributed by atoms with Crippen molar-refractivity contribution in [3.63, 3.8) is 0 Å². The van der Waals surface area contributed by atoms with Gasteiger partial charge in [-0.1, -0.05) is 46.5 Å². The van der Waals surface area contributed by atoms with Crippen LogP contribution in [0.5, 0.6) is 0 Å². The van der Waals surface area contributed by atoms with Gasteiger partial charge in [0.05, 0.1) is 6.10 Å². The molecule has 10 atom stereocenters. The van der Waals surface area contributed by atoms with Crippen molar-refractivity contribution in [2.45, 2.75) is 142 Å². The standard InChI is InChI=1S/C35H65N3O3/c1-25(11-14-32(40)41)28-12-13-29-33-30(16-18-35(28,29)3)34(2)17-15-27(23-26(34)24-31(33)39)38-22-10-21-37-20-9-7-5-4-6-8-19-36/h25-31,33,37-39H,4-24,36H2,1-3H3,(H,40,41)/t25-,26+,27+,28-,29?,30?,31+,33?,34+,35-/m1/s1. The van der Waals surface area contributed by atoms with Crippen molar-refractivity contribution in [1.82, 2.24) is 10.6 Å². The average Bonchev–Trinajstić information content (AvgIpc) is 3.30. The highest BCUT2D eigenvalue weighted by Crippen LogP contribution is 2.68. The predicted molar refractivity (Wildman–Crippen MR) is 169 cm³/mol. The Balaban J connectivity index is 1.20. The highest BCUT2D eigenvalue weighted by atomic mass is 16.4. The Bertz CT molecular complexity index is 810. The first-order valence-electron chi connectivity index (χ1n) is 17.7. The van der Waals surface area contributed by atoms with Crippen LogP contribution in [0.4, 0.5) is 0 Å². The molecule has 0 aromatic rings. The Labute approximate surface area is 251 Å². The number of carboxylic acids is 1. The normalized spacial score (nSPS) is 39.1. The van der Waals surface area contributed by atoms with Gasteiger partial charge in [-0.15, -0.1) is 0 Å². The molecule has 41 heavy (non-hydrogen) atoms. The van der Waals surface area contributed by atoms with Gasteiger partial charge in [0.25, 0.3) is 0 Å². The van der Waals surface area contributed by atoms with E-state index in [1.807, 2.05) is 0 Å². The summed E-state index contributed by atoms with van der Waals surface area (Å²) in [5.74, 6) is 2.71. The number of aliphatic hydroxyl groups is 1. The molecule has 0 bridgehead atoms. The lowest BCUT2D eigenvalue weighted by molar-refractivity contribution is -0.167. The first-order chi connectivity index (χ1) is 19.7. The van der Waals surface area contributed by atoms with Gasteiger partial charge in [0.1, 0.15) is 0 Å². The molecule has 6 nitrogen and oxygen atoms in total. The van der Waals surface area contributed by atoms with Gasteiger partial charge >= 0.3 is 5.97 Å². The topological polar surface area (TPSA) is 108 Å². The van der Waals surface area contributed by atoms with E-state index in [2.05, 4.69) is 31.4 Å². The zero-order valence-electron chi connectivity index (χ0n) is 26.8. The van der Waals surface area contributed by atoms with E-state index in [1.54, 1.807) is 0 Å². The molecular formula is C35H65N3O3. The second-order valence-electron chi connectivity index (χ2n) is 15.4. The summed E-state index contributed by atoms with van der Waals surface area (Å²) in [6.45, 7) is 11.6. The molecule has 3 unspecified atom stereocenters. The molecule has 4 rings (SSSR count). The fourth-order valence-corrected chi connectivity index (χ4v) is 10.7. The summed E-state index contributed by atoms with van der Waals surface area (Å²) in [4.78, 5) is 11.2. The monoisotopic (exact) mass is 576 g/mol. The minimum Gasteiger partial charge on any atom is -0.481 e. The zero-order chi connectivity index (χ0) is 29.5. The minimum atomic E-state index is -0.667. The molecule has 0 amide bonds. The molecule has 4 fully saturated rings. The van der Waals surface area contributed by atoms with Crippen LogP contribution in [0.25, 0.3) is 0 Å². The van der Waals surface area contributed by atoms with E-state index >= 15 is 0 Å². The summed E-state index contributed by atoms with van der Waals surface area (Å²) in [6, 6.07) is 0.602. The Morgan fingerprint density at radius 2 is 1.56 bits per heavy atom. The van der Waals surface area contributed by atoms with Gasteiger partial charge in [-0.25, -0.2) is 0 Å². The summed E-state index contributed by atoms with van der Waals surface area (Å²) in [5, 5.41) is 28.5. The van der Waals surface area contributed by atoms with Crippen LogP contribution in [0.3, 0.4) is 0 Å². The second-order valence-corrected chi connectivity index (χ2v) is 15.4. The van der Waals surface area contributed by atoms with Crippen molar-refractivity contribution >= 4 is 5.97 Å². The van der Waals surface area contributed by atoms with Crippen molar-refractivity contribution in [2.24, 2.45) is 52.1 Å². The highest BCUT2D eigenvalue weighted by molar-refractivity contribution is 5.66. The largest absolute Gasteiger partial charge is 0.481 e. The van der Waals surface area contributed by atoms with E-state index in [1.165, 1.54) is 89.9 Å². The molecule has 0 aliphatic heterocycles. The van der Waals surface area contributed by atoms with Gasteiger partial charge in [0.2, 0.25) is 0 Å². The van der Waals surface area contributed by atoms with Crippen LogP contribution in [0, 0.1) is 46.3 Å². The van der Waals surface area contributed by atoms with Crippen LogP contribution >= 0.6 is 0 Å². The van der Waals surface area contributed by atoms with Gasteiger partial charge in [0.15, 0.2) is 0 Å². The van der Waals surface area contributed by atoms with Gasteiger partial charge in [-0.05, 0) is 150 Å². The molecule has 6 N–H and O–H groups in total. The molecular weight excluding hydrogens is 510 g/mol. The summed E-state index contributed by atoms with van der Waals surface area (Å²) in [5.41, 5.74) is 6.19. The van der Waals surface area contributed by atoms with Crippen molar-refractivity contribution < 1.29 is 15.0 Å². The van der Waals surface area contributed by atoms with Gasteiger partial charge < -0.3 is 26.6 Å². The maximum atomic E-state index is 11.7. The smallest absolute Gasteiger partial charge is 0.303 e. The molecule has 0 radical (unpaired) electrons. The number of hydrogen-bond acceptors (Lipinski definition) is 5. The Morgan fingerprint density at radius 1 is 0.878 bits per heavy atom. The number of rotatable bonds is 17. The average molecular weight is 576 g/mol. The first-order valence-corrected chi connectivity index (χ1v) is 17.7. The van der Waals surface area contributed by atoms with Crippen molar-refractivity contribution in [3.05, 3.63) is 0 Å². The quantitative estimate of drug-likeness (QED) is 0.129. The third-order valence-electron chi connectivity index (χ3n) is 13.0. The molecule has 0 spiro atoms. The Kier molecular flexibility index (Phi) is 12.4. The number of hydrogen-bond donors (Lipinski definition) is 5. The number of nitrogens with one attached hydrogen (secondary N) is 2. The molecule has 6 heteroatoms. The highest BCUT2D eigenvalue weighted by Gasteiger charge is 2.62. The molecule has 4 aliphatic rings. The first kappa shape index (κ1) is 33.2. The minimum absolute atomic E-state index is 0.167. The third kappa shape index (κ3) is 7.88. The predicted octanol–water partition coefficient (Wildman–Crippen LogP) is 6.35. The summed E-state index contributed by atoms with van der Waals surface area (Å²) in [7, 11) is 0. The fraction of sp³-hybridized carbons (Fsp3) is 0.971. The number of nitrogens with two attached hydrogens (primary N) is 1. The van der Waals surface area contributed by atoms with Crippen LogP contribution in [-0.4, -0.2) is 54.5 Å². The summed E-state index contributed by atoms with van der Waals surface area (Å²) in [6.07, 6.45) is 19.6. The van der Waals surface area contributed by atoms with E-state index in [0.29, 0.717) is 47.0 Å². The van der Waals surface area contributed by atoms with Crippen LogP contribution in [0.15, 0.2) is 0 Å². The molecule has 4 aliphatic carbocycles. The van der Waals surface area contributed by atoms with E-state index in [0.717, 1.165) is 39.0 Å². The van der Waals surface area contributed by atoms with Crippen molar-refractivity contribution in [3.8, 4) is 0 Å². The maximum Gasteiger partial charge on any atom is 0.303 e. The fourth-order valence-electron chi connectivity index (χ4n) is 10.7.